The summed E-state index contributed by atoms with van der Waals surface area (Å²) in [4.78, 5) is 2.47. The molecule has 0 bridgehead atoms. The van der Waals surface area contributed by atoms with Gasteiger partial charge in [0.15, 0.2) is 0 Å². The van der Waals surface area contributed by atoms with E-state index in [9.17, 15) is 0 Å². The molecule has 5 heteroatoms. The van der Waals surface area contributed by atoms with Gasteiger partial charge in [-0.3, -0.25) is 4.90 Å². The Bertz CT molecular complexity index is 463. The number of rotatable bonds is 6. The molecule has 1 heterocycles. The predicted octanol–water partition coefficient (Wildman–Crippen LogP) is 4.57. The Morgan fingerprint density at radius 3 is 2.50 bits per heavy atom. The summed E-state index contributed by atoms with van der Waals surface area (Å²) in [6.07, 6.45) is 2.79. The molecule has 0 aromatic heterocycles. The fourth-order valence-corrected chi connectivity index (χ4v) is 3.60. The molecular weight excluding hydrogens is 321 g/mol. The molecule has 1 fully saturated rings. The van der Waals surface area contributed by atoms with E-state index in [1.54, 1.807) is 6.07 Å². The average molecular weight is 346 g/mol. The van der Waals surface area contributed by atoms with E-state index in [-0.39, 0.29) is 0 Å². The van der Waals surface area contributed by atoms with Crippen LogP contribution in [0.2, 0.25) is 10.0 Å². The van der Waals surface area contributed by atoms with Gasteiger partial charge in [-0.15, -0.1) is 0 Å². The van der Waals surface area contributed by atoms with E-state index < -0.39 is 0 Å². The first-order valence-electron chi connectivity index (χ1n) is 7.92. The molecule has 0 saturated carbocycles. The zero-order chi connectivity index (χ0) is 16.1. The van der Waals surface area contributed by atoms with Gasteiger partial charge in [-0.05, 0) is 57.9 Å². The van der Waals surface area contributed by atoms with E-state index >= 15 is 0 Å². The van der Waals surface area contributed by atoms with Crippen molar-refractivity contribution in [3.05, 3.63) is 27.7 Å². The van der Waals surface area contributed by atoms with Crippen molar-refractivity contribution in [3.63, 3.8) is 0 Å². The first kappa shape index (κ1) is 17.9. The maximum absolute atomic E-state index is 6.17. The number of aryl methyl sites for hydroxylation is 1. The molecule has 3 nitrogen and oxygen atoms in total. The molecule has 1 aromatic carbocycles. The number of hydrogen-bond donors (Lipinski definition) is 0. The van der Waals surface area contributed by atoms with Crippen molar-refractivity contribution in [3.8, 4) is 5.75 Å². The number of morpholine rings is 1. The van der Waals surface area contributed by atoms with E-state index in [0.717, 1.165) is 43.8 Å². The zero-order valence-electron chi connectivity index (χ0n) is 13.6. The summed E-state index contributed by atoms with van der Waals surface area (Å²) in [6.45, 7) is 10.0. The van der Waals surface area contributed by atoms with E-state index in [1.165, 1.54) is 0 Å². The van der Waals surface area contributed by atoms with Gasteiger partial charge < -0.3 is 9.47 Å². The highest BCUT2D eigenvalue weighted by molar-refractivity contribution is 6.35. The lowest BCUT2D eigenvalue weighted by molar-refractivity contribution is -0.0682. The van der Waals surface area contributed by atoms with Crippen LogP contribution in [0.25, 0.3) is 0 Å². The molecule has 1 aliphatic rings. The Labute approximate surface area is 143 Å². The summed E-state index contributed by atoms with van der Waals surface area (Å²) < 4.78 is 11.6. The molecule has 0 amide bonds. The van der Waals surface area contributed by atoms with Gasteiger partial charge in [0.25, 0.3) is 0 Å². The fourth-order valence-electron chi connectivity index (χ4n) is 2.95. The quantitative estimate of drug-likeness (QED) is 0.705. The summed E-state index contributed by atoms with van der Waals surface area (Å²) >= 11 is 12.1. The third kappa shape index (κ3) is 5.31. The van der Waals surface area contributed by atoms with Gasteiger partial charge in [0, 0.05) is 18.1 Å². The second kappa shape index (κ2) is 8.39. The highest BCUT2D eigenvalue weighted by Gasteiger charge is 2.21. The molecule has 1 saturated heterocycles. The van der Waals surface area contributed by atoms with Crippen molar-refractivity contribution in [1.29, 1.82) is 0 Å². The van der Waals surface area contributed by atoms with Gasteiger partial charge in [0.05, 0.1) is 23.8 Å². The van der Waals surface area contributed by atoms with Crippen molar-refractivity contribution in [2.45, 2.75) is 45.8 Å². The van der Waals surface area contributed by atoms with E-state index in [2.05, 4.69) is 18.7 Å². The highest BCUT2D eigenvalue weighted by Crippen LogP contribution is 2.31. The van der Waals surface area contributed by atoms with Gasteiger partial charge in [0.1, 0.15) is 5.75 Å². The predicted molar refractivity (Wildman–Crippen MR) is 92.4 cm³/mol. The van der Waals surface area contributed by atoms with Gasteiger partial charge >= 0.3 is 0 Å². The Morgan fingerprint density at radius 2 is 1.86 bits per heavy atom. The van der Waals surface area contributed by atoms with E-state index in [1.807, 2.05) is 13.0 Å². The fraction of sp³-hybridized carbons (Fsp3) is 0.647. The molecule has 124 valence electrons. The smallest absolute Gasteiger partial charge is 0.140 e. The van der Waals surface area contributed by atoms with Crippen molar-refractivity contribution in [1.82, 2.24) is 4.90 Å². The summed E-state index contributed by atoms with van der Waals surface area (Å²) in [5, 5.41) is 1.23. The van der Waals surface area contributed by atoms with Crippen molar-refractivity contribution in [2.24, 2.45) is 0 Å². The van der Waals surface area contributed by atoms with Crippen LogP contribution in [0.5, 0.6) is 5.75 Å². The topological polar surface area (TPSA) is 21.7 Å². The standard InChI is InChI=1S/C17H25Cl2NO2/c1-12-8-15(18)9-16(19)17(12)21-7-5-4-6-20-10-13(2)22-14(3)11-20/h8-9,13-14H,4-7,10-11H2,1-3H3/t13-,14-/m0/s1. The number of unbranched alkanes of at least 4 members (excludes halogenated alkanes) is 1. The summed E-state index contributed by atoms with van der Waals surface area (Å²) in [7, 11) is 0. The molecule has 0 spiro atoms. The summed E-state index contributed by atoms with van der Waals surface area (Å²) in [6, 6.07) is 3.60. The van der Waals surface area contributed by atoms with Crippen LogP contribution in [0, 0.1) is 6.92 Å². The lowest BCUT2D eigenvalue weighted by atomic mass is 10.2. The average Bonchev–Trinajstić information content (AvgIpc) is 2.39. The maximum atomic E-state index is 6.17. The van der Waals surface area contributed by atoms with Crippen LogP contribution >= 0.6 is 23.2 Å². The molecule has 2 rings (SSSR count). The van der Waals surface area contributed by atoms with Crippen LogP contribution in [0.15, 0.2) is 12.1 Å². The minimum absolute atomic E-state index is 0.329. The molecule has 1 aliphatic heterocycles. The second-order valence-corrected chi connectivity index (χ2v) is 6.95. The van der Waals surface area contributed by atoms with Crippen LogP contribution in [-0.2, 0) is 4.74 Å². The third-order valence-electron chi connectivity index (χ3n) is 3.80. The third-order valence-corrected chi connectivity index (χ3v) is 4.30. The molecule has 0 unspecified atom stereocenters. The van der Waals surface area contributed by atoms with Gasteiger partial charge in [-0.1, -0.05) is 23.2 Å². The van der Waals surface area contributed by atoms with Crippen LogP contribution in [0.4, 0.5) is 0 Å². The molecule has 0 aliphatic carbocycles. The van der Waals surface area contributed by atoms with Crippen LogP contribution < -0.4 is 4.74 Å². The highest BCUT2D eigenvalue weighted by atomic mass is 35.5. The zero-order valence-corrected chi connectivity index (χ0v) is 15.1. The summed E-state index contributed by atoms with van der Waals surface area (Å²) in [5.74, 6) is 0.750. The molecular formula is C17H25Cl2NO2. The normalized spacial score (nSPS) is 22.8. The first-order valence-corrected chi connectivity index (χ1v) is 8.67. The SMILES string of the molecule is Cc1cc(Cl)cc(Cl)c1OCCCCN1C[C@H](C)O[C@@H](C)C1. The monoisotopic (exact) mass is 345 g/mol. The molecule has 0 N–H and O–H groups in total. The lowest BCUT2D eigenvalue weighted by Gasteiger charge is -2.35. The summed E-state index contributed by atoms with van der Waals surface area (Å²) in [5.41, 5.74) is 0.980. The minimum atomic E-state index is 0.329. The maximum Gasteiger partial charge on any atom is 0.140 e. The van der Waals surface area contributed by atoms with Gasteiger partial charge in [-0.25, -0.2) is 0 Å². The molecule has 1 aromatic rings. The number of halogens is 2. The largest absolute Gasteiger partial charge is 0.492 e. The van der Waals surface area contributed by atoms with E-state index in [4.69, 9.17) is 32.7 Å². The van der Waals surface area contributed by atoms with Crippen molar-refractivity contribution < 1.29 is 9.47 Å². The first-order chi connectivity index (χ1) is 10.5. The van der Waals surface area contributed by atoms with Crippen molar-refractivity contribution in [2.75, 3.05) is 26.2 Å². The molecule has 2 atom stereocenters. The van der Waals surface area contributed by atoms with Crippen LogP contribution in [-0.4, -0.2) is 43.3 Å². The van der Waals surface area contributed by atoms with Gasteiger partial charge in [-0.2, -0.15) is 0 Å². The molecule has 22 heavy (non-hydrogen) atoms. The van der Waals surface area contributed by atoms with Crippen LogP contribution in [0.3, 0.4) is 0 Å². The Morgan fingerprint density at radius 1 is 1.18 bits per heavy atom. The Hall–Kier alpha value is -0.480. The number of benzene rings is 1. The lowest BCUT2D eigenvalue weighted by Crippen LogP contribution is -2.45. The Balaban J connectivity index is 1.69. The second-order valence-electron chi connectivity index (χ2n) is 6.11. The Kier molecular flexibility index (Phi) is 6.82. The van der Waals surface area contributed by atoms with E-state index in [0.29, 0.717) is 28.9 Å². The number of ether oxygens (including phenoxy) is 2. The van der Waals surface area contributed by atoms with Gasteiger partial charge in [0.2, 0.25) is 0 Å². The van der Waals surface area contributed by atoms with Crippen LogP contribution in [0.1, 0.15) is 32.3 Å². The number of hydrogen-bond acceptors (Lipinski definition) is 3. The minimum Gasteiger partial charge on any atom is -0.492 e. The van der Waals surface area contributed by atoms with Crippen molar-refractivity contribution >= 4 is 23.2 Å². The number of nitrogens with zero attached hydrogens (tertiary/aromatic N) is 1. The molecule has 0 radical (unpaired) electrons.